The van der Waals surface area contributed by atoms with Crippen LogP contribution in [0.3, 0.4) is 0 Å². The van der Waals surface area contributed by atoms with Crippen molar-refractivity contribution < 1.29 is 9.59 Å². The molecule has 1 aliphatic carbocycles. The van der Waals surface area contributed by atoms with Gasteiger partial charge in [-0.05, 0) is 41.9 Å². The van der Waals surface area contributed by atoms with E-state index in [0.29, 0.717) is 13.0 Å². The molecule has 1 atom stereocenters. The van der Waals surface area contributed by atoms with Crippen molar-refractivity contribution in [2.24, 2.45) is 0 Å². The highest BCUT2D eigenvalue weighted by molar-refractivity contribution is 7.03. The first kappa shape index (κ1) is 22.1. The Labute approximate surface area is 192 Å². The van der Waals surface area contributed by atoms with Gasteiger partial charge in [-0.1, -0.05) is 84.4 Å². The highest BCUT2D eigenvalue weighted by Gasteiger charge is 2.34. The summed E-state index contributed by atoms with van der Waals surface area (Å²) in [7, 11) is 0. The maximum atomic E-state index is 13.6. The molecule has 2 amide bonds. The number of benzene rings is 2. The second-order valence-electron chi connectivity index (χ2n) is 8.18. The Bertz CT molecular complexity index is 989. The molecule has 1 unspecified atom stereocenters. The van der Waals surface area contributed by atoms with Gasteiger partial charge >= 0.3 is 0 Å². The zero-order chi connectivity index (χ0) is 22.2. The van der Waals surface area contributed by atoms with E-state index >= 15 is 0 Å². The number of nitrogens with one attached hydrogen (secondary N) is 1. The number of hydrogen-bond donors (Lipinski definition) is 1. The third-order valence-corrected chi connectivity index (χ3v) is 6.46. The van der Waals surface area contributed by atoms with Crippen LogP contribution in [0.15, 0.2) is 66.0 Å². The van der Waals surface area contributed by atoms with Gasteiger partial charge in [-0.2, -0.15) is 0 Å². The minimum Gasteiger partial charge on any atom is -0.351 e. The molecule has 1 heterocycles. The third-order valence-electron chi connectivity index (χ3n) is 5.95. The lowest BCUT2D eigenvalue weighted by atomic mass is 9.94. The van der Waals surface area contributed by atoms with E-state index in [2.05, 4.69) is 14.9 Å². The fourth-order valence-electron chi connectivity index (χ4n) is 4.28. The van der Waals surface area contributed by atoms with E-state index in [1.165, 1.54) is 6.42 Å². The molecule has 32 heavy (non-hydrogen) atoms. The Balaban J connectivity index is 1.64. The number of hydrogen-bond acceptors (Lipinski definition) is 5. The molecule has 2 aromatic carbocycles. The van der Waals surface area contributed by atoms with Crippen LogP contribution in [0.2, 0.25) is 0 Å². The van der Waals surface area contributed by atoms with Crippen molar-refractivity contribution in [3.8, 4) is 0 Å². The molecule has 1 aromatic heterocycles. The molecule has 166 valence electrons. The van der Waals surface area contributed by atoms with Crippen LogP contribution in [0.5, 0.6) is 0 Å². The molecule has 1 fully saturated rings. The van der Waals surface area contributed by atoms with Crippen LogP contribution in [0, 0.1) is 0 Å². The third kappa shape index (κ3) is 5.59. The lowest BCUT2D eigenvalue weighted by Gasteiger charge is -2.33. The molecule has 0 saturated heterocycles. The molecule has 1 aliphatic rings. The number of rotatable bonds is 8. The van der Waals surface area contributed by atoms with E-state index in [9.17, 15) is 9.59 Å². The van der Waals surface area contributed by atoms with Crippen LogP contribution in [0.25, 0.3) is 0 Å². The number of carbonyl (C=O) groups is 2. The lowest BCUT2D eigenvalue weighted by Crippen LogP contribution is -2.47. The quantitative estimate of drug-likeness (QED) is 0.554. The number of amides is 2. The summed E-state index contributed by atoms with van der Waals surface area (Å²) in [5.41, 5.74) is 2.18. The molecule has 0 bridgehead atoms. The lowest BCUT2D eigenvalue weighted by molar-refractivity contribution is -0.126. The first-order valence-electron chi connectivity index (χ1n) is 11.2. The monoisotopic (exact) mass is 448 g/mol. The van der Waals surface area contributed by atoms with Crippen LogP contribution in [0.4, 0.5) is 0 Å². The van der Waals surface area contributed by atoms with E-state index in [0.717, 1.165) is 48.3 Å². The van der Waals surface area contributed by atoms with Crippen LogP contribution in [0.1, 0.15) is 59.8 Å². The molecule has 0 aliphatic heterocycles. The average molecular weight is 449 g/mol. The van der Waals surface area contributed by atoms with Gasteiger partial charge in [-0.25, -0.2) is 0 Å². The van der Waals surface area contributed by atoms with E-state index in [1.807, 2.05) is 60.7 Å². The summed E-state index contributed by atoms with van der Waals surface area (Å²) in [6.07, 6.45) is 6.09. The Morgan fingerprint density at radius 2 is 1.69 bits per heavy atom. The van der Waals surface area contributed by atoms with Gasteiger partial charge in [-0.15, -0.1) is 5.10 Å². The van der Waals surface area contributed by atoms with E-state index in [-0.39, 0.29) is 23.6 Å². The van der Waals surface area contributed by atoms with Crippen molar-refractivity contribution in [1.82, 2.24) is 19.8 Å². The van der Waals surface area contributed by atoms with Crippen molar-refractivity contribution in [3.05, 3.63) is 82.9 Å². The largest absolute Gasteiger partial charge is 0.351 e. The van der Waals surface area contributed by atoms with E-state index in [4.69, 9.17) is 0 Å². The Hall–Kier alpha value is -3.06. The van der Waals surface area contributed by atoms with Gasteiger partial charge in [0.25, 0.3) is 5.91 Å². The molecule has 1 N–H and O–H groups in total. The Kier molecular flexibility index (Phi) is 7.61. The normalized spacial score (nSPS) is 15.1. The molecule has 7 heteroatoms. The van der Waals surface area contributed by atoms with Gasteiger partial charge in [0.2, 0.25) is 5.91 Å². The first-order chi connectivity index (χ1) is 15.7. The van der Waals surface area contributed by atoms with Crippen molar-refractivity contribution in [2.45, 2.75) is 50.6 Å². The SMILES string of the molecule is O=C(NC1CCCCC1)C(c1ccccc1)N(CCc1ccccc1)C(=O)c1csnn1. The van der Waals surface area contributed by atoms with Crippen molar-refractivity contribution in [1.29, 1.82) is 0 Å². The van der Waals surface area contributed by atoms with Crippen molar-refractivity contribution >= 4 is 23.3 Å². The summed E-state index contributed by atoms with van der Waals surface area (Å²) < 4.78 is 3.86. The van der Waals surface area contributed by atoms with Crippen LogP contribution in [-0.4, -0.2) is 38.9 Å². The number of aromatic nitrogens is 2. The van der Waals surface area contributed by atoms with Crippen LogP contribution in [-0.2, 0) is 11.2 Å². The van der Waals surface area contributed by atoms with E-state index < -0.39 is 6.04 Å². The Morgan fingerprint density at radius 3 is 2.34 bits per heavy atom. The maximum absolute atomic E-state index is 13.6. The number of carbonyl (C=O) groups excluding carboxylic acids is 2. The van der Waals surface area contributed by atoms with Gasteiger partial charge in [0.05, 0.1) is 0 Å². The van der Waals surface area contributed by atoms with Gasteiger partial charge in [-0.3, -0.25) is 9.59 Å². The molecule has 1 saturated carbocycles. The highest BCUT2D eigenvalue weighted by Crippen LogP contribution is 2.26. The predicted octanol–water partition coefficient (Wildman–Crippen LogP) is 4.41. The molecule has 4 rings (SSSR count). The second kappa shape index (κ2) is 11.0. The predicted molar refractivity (Wildman–Crippen MR) is 125 cm³/mol. The fourth-order valence-corrected chi connectivity index (χ4v) is 4.71. The first-order valence-corrected chi connectivity index (χ1v) is 12.0. The summed E-state index contributed by atoms with van der Waals surface area (Å²) in [4.78, 5) is 28.7. The van der Waals surface area contributed by atoms with Gasteiger partial charge in [0, 0.05) is 18.0 Å². The minimum absolute atomic E-state index is 0.132. The molecule has 0 radical (unpaired) electrons. The van der Waals surface area contributed by atoms with Gasteiger partial charge in [0.15, 0.2) is 5.69 Å². The van der Waals surface area contributed by atoms with Crippen LogP contribution < -0.4 is 5.32 Å². The number of nitrogens with zero attached hydrogens (tertiary/aromatic N) is 3. The average Bonchev–Trinajstić information content (AvgIpc) is 3.38. The standard InChI is InChI=1S/C25H28N4O2S/c30-24(26-21-14-8-3-9-15-21)23(20-12-6-2-7-13-20)29(25(31)22-18-32-28-27-22)17-16-19-10-4-1-5-11-19/h1-2,4-7,10-13,18,21,23H,3,8-9,14-17H2,(H,26,30). The van der Waals surface area contributed by atoms with Crippen LogP contribution >= 0.6 is 11.5 Å². The summed E-state index contributed by atoms with van der Waals surface area (Å²) in [5.74, 6) is -0.407. The van der Waals surface area contributed by atoms with Gasteiger partial charge in [0.1, 0.15) is 6.04 Å². The maximum Gasteiger partial charge on any atom is 0.276 e. The molecular formula is C25H28N4O2S. The summed E-state index contributed by atoms with van der Waals surface area (Å²) in [6.45, 7) is 0.401. The molecule has 6 nitrogen and oxygen atoms in total. The molecular weight excluding hydrogens is 420 g/mol. The van der Waals surface area contributed by atoms with Crippen molar-refractivity contribution in [3.63, 3.8) is 0 Å². The topological polar surface area (TPSA) is 75.2 Å². The highest BCUT2D eigenvalue weighted by atomic mass is 32.1. The minimum atomic E-state index is -0.726. The zero-order valence-corrected chi connectivity index (χ0v) is 18.8. The summed E-state index contributed by atoms with van der Waals surface area (Å²) >= 11 is 1.14. The van der Waals surface area contributed by atoms with E-state index in [1.54, 1.807) is 10.3 Å². The second-order valence-corrected chi connectivity index (χ2v) is 8.79. The fraction of sp³-hybridized carbons (Fsp3) is 0.360. The van der Waals surface area contributed by atoms with Gasteiger partial charge < -0.3 is 10.2 Å². The summed E-state index contributed by atoms with van der Waals surface area (Å²) in [6, 6.07) is 19.0. The molecule has 3 aromatic rings. The van der Waals surface area contributed by atoms with Crippen molar-refractivity contribution in [2.75, 3.05) is 6.54 Å². The smallest absolute Gasteiger partial charge is 0.276 e. The zero-order valence-electron chi connectivity index (χ0n) is 18.0. The summed E-state index contributed by atoms with van der Waals surface area (Å²) in [5, 5.41) is 8.86. The Morgan fingerprint density at radius 1 is 1.00 bits per heavy atom. The molecule has 0 spiro atoms.